The van der Waals surface area contributed by atoms with Crippen LogP contribution in [0.1, 0.15) is 6.92 Å². The number of aromatic nitrogens is 1. The van der Waals surface area contributed by atoms with Gasteiger partial charge in [0.2, 0.25) is 0 Å². The van der Waals surface area contributed by atoms with Crippen molar-refractivity contribution >= 4 is 21.7 Å². The van der Waals surface area contributed by atoms with Crippen molar-refractivity contribution in [2.24, 2.45) is 5.73 Å². The molecule has 1 saturated heterocycles. The Labute approximate surface area is 90.2 Å². The Balaban J connectivity index is 2.16. The zero-order valence-electron chi connectivity index (χ0n) is 7.80. The molecule has 1 aromatic heterocycles. The van der Waals surface area contributed by atoms with Gasteiger partial charge in [0.25, 0.3) is 0 Å². The van der Waals surface area contributed by atoms with Crippen molar-refractivity contribution in [3.63, 3.8) is 0 Å². The van der Waals surface area contributed by atoms with E-state index in [4.69, 9.17) is 5.73 Å². The molecule has 0 bridgehead atoms. The number of anilines is 1. The lowest BCUT2D eigenvalue weighted by atomic mass is 9.94. The van der Waals surface area contributed by atoms with Crippen LogP contribution in [0, 0.1) is 5.82 Å². The Bertz CT molecular complexity index is 359. The van der Waals surface area contributed by atoms with Gasteiger partial charge in [0.1, 0.15) is 11.6 Å². The molecule has 2 rings (SSSR count). The summed E-state index contributed by atoms with van der Waals surface area (Å²) in [5.41, 5.74) is 5.68. The van der Waals surface area contributed by atoms with Crippen LogP contribution in [-0.2, 0) is 0 Å². The first-order valence-corrected chi connectivity index (χ1v) is 5.12. The van der Waals surface area contributed by atoms with E-state index in [0.717, 1.165) is 13.1 Å². The fourth-order valence-electron chi connectivity index (χ4n) is 1.56. The van der Waals surface area contributed by atoms with Gasteiger partial charge in [0, 0.05) is 30.9 Å². The number of pyridine rings is 1. The number of nitrogens with zero attached hydrogens (tertiary/aromatic N) is 2. The molecule has 0 aromatic carbocycles. The van der Waals surface area contributed by atoms with Crippen LogP contribution in [0.3, 0.4) is 0 Å². The normalized spacial score (nSPS) is 19.3. The molecule has 76 valence electrons. The molecule has 2 heterocycles. The average Bonchev–Trinajstić information content (AvgIpc) is 2.06. The van der Waals surface area contributed by atoms with E-state index < -0.39 is 0 Å². The van der Waals surface area contributed by atoms with Crippen LogP contribution in [-0.4, -0.2) is 23.6 Å². The van der Waals surface area contributed by atoms with E-state index in [2.05, 4.69) is 20.9 Å². The first-order chi connectivity index (χ1) is 6.48. The van der Waals surface area contributed by atoms with E-state index >= 15 is 0 Å². The predicted octanol–water partition coefficient (Wildman–Crippen LogP) is 1.52. The van der Waals surface area contributed by atoms with E-state index in [-0.39, 0.29) is 11.4 Å². The Kier molecular flexibility index (Phi) is 2.23. The van der Waals surface area contributed by atoms with Crippen molar-refractivity contribution in [3.05, 3.63) is 22.6 Å². The van der Waals surface area contributed by atoms with Gasteiger partial charge in [-0.15, -0.1) is 0 Å². The summed E-state index contributed by atoms with van der Waals surface area (Å²) in [6.45, 7) is 3.42. The van der Waals surface area contributed by atoms with E-state index in [9.17, 15) is 4.39 Å². The Hall–Kier alpha value is -0.680. The monoisotopic (exact) mass is 259 g/mol. The third kappa shape index (κ3) is 1.74. The first-order valence-electron chi connectivity index (χ1n) is 4.33. The minimum Gasteiger partial charge on any atom is -0.353 e. The molecule has 0 saturated carbocycles. The van der Waals surface area contributed by atoms with Gasteiger partial charge in [-0.1, -0.05) is 0 Å². The molecule has 5 heteroatoms. The van der Waals surface area contributed by atoms with Crippen molar-refractivity contribution < 1.29 is 4.39 Å². The second kappa shape index (κ2) is 3.17. The molecule has 3 nitrogen and oxygen atoms in total. The van der Waals surface area contributed by atoms with Gasteiger partial charge in [0.15, 0.2) is 0 Å². The second-order valence-corrected chi connectivity index (χ2v) is 4.82. The molecule has 1 aliphatic rings. The van der Waals surface area contributed by atoms with Crippen LogP contribution in [0.25, 0.3) is 0 Å². The molecule has 14 heavy (non-hydrogen) atoms. The summed E-state index contributed by atoms with van der Waals surface area (Å²) in [6, 6.07) is 1.42. The third-order valence-electron chi connectivity index (χ3n) is 2.22. The molecule has 0 atom stereocenters. The molecule has 0 spiro atoms. The number of hydrogen-bond acceptors (Lipinski definition) is 3. The van der Waals surface area contributed by atoms with Crippen molar-refractivity contribution in [1.29, 1.82) is 0 Å². The molecular weight excluding hydrogens is 249 g/mol. The number of nitrogens with two attached hydrogens (primary N) is 1. The summed E-state index contributed by atoms with van der Waals surface area (Å²) >= 11 is 3.06. The highest BCUT2D eigenvalue weighted by Crippen LogP contribution is 2.26. The van der Waals surface area contributed by atoms with Crippen molar-refractivity contribution in [3.8, 4) is 0 Å². The SMILES string of the molecule is CC1(N)CN(c2cc(F)c(Br)cn2)C1. The molecule has 1 fully saturated rings. The zero-order valence-corrected chi connectivity index (χ0v) is 9.38. The molecule has 0 radical (unpaired) electrons. The van der Waals surface area contributed by atoms with Gasteiger partial charge < -0.3 is 10.6 Å². The summed E-state index contributed by atoms with van der Waals surface area (Å²) in [7, 11) is 0. The lowest BCUT2D eigenvalue weighted by Gasteiger charge is -2.46. The minimum absolute atomic E-state index is 0.161. The summed E-state index contributed by atoms with van der Waals surface area (Å²) in [4.78, 5) is 6.06. The maximum atomic E-state index is 13.1. The summed E-state index contributed by atoms with van der Waals surface area (Å²) < 4.78 is 13.5. The zero-order chi connectivity index (χ0) is 10.3. The second-order valence-electron chi connectivity index (χ2n) is 3.97. The number of halogens is 2. The van der Waals surface area contributed by atoms with Crippen LogP contribution >= 0.6 is 15.9 Å². The van der Waals surface area contributed by atoms with Crippen LogP contribution in [0.5, 0.6) is 0 Å². The Morgan fingerprint density at radius 3 is 2.79 bits per heavy atom. The largest absolute Gasteiger partial charge is 0.353 e. The molecule has 1 aliphatic heterocycles. The topological polar surface area (TPSA) is 42.1 Å². The lowest BCUT2D eigenvalue weighted by Crippen LogP contribution is -2.65. The maximum absolute atomic E-state index is 13.1. The van der Waals surface area contributed by atoms with Crippen LogP contribution in [0.4, 0.5) is 10.2 Å². The molecule has 2 N–H and O–H groups in total. The van der Waals surface area contributed by atoms with Crippen molar-refractivity contribution in [1.82, 2.24) is 4.98 Å². The minimum atomic E-state index is -0.291. The molecule has 0 unspecified atom stereocenters. The molecule has 1 aromatic rings. The lowest BCUT2D eigenvalue weighted by molar-refractivity contribution is 0.362. The smallest absolute Gasteiger partial charge is 0.142 e. The Morgan fingerprint density at radius 1 is 1.64 bits per heavy atom. The maximum Gasteiger partial charge on any atom is 0.142 e. The van der Waals surface area contributed by atoms with E-state index in [1.54, 1.807) is 0 Å². The van der Waals surface area contributed by atoms with E-state index in [1.165, 1.54) is 12.3 Å². The Morgan fingerprint density at radius 2 is 2.29 bits per heavy atom. The standard InChI is InChI=1S/C9H11BrFN3/c1-9(12)4-14(5-9)8-2-7(11)6(10)3-13-8/h2-3H,4-5,12H2,1H3. The van der Waals surface area contributed by atoms with Crippen molar-refractivity contribution in [2.75, 3.05) is 18.0 Å². The quantitative estimate of drug-likeness (QED) is 0.832. The number of rotatable bonds is 1. The van der Waals surface area contributed by atoms with E-state index in [0.29, 0.717) is 10.3 Å². The van der Waals surface area contributed by atoms with Crippen molar-refractivity contribution in [2.45, 2.75) is 12.5 Å². The fourth-order valence-corrected chi connectivity index (χ4v) is 1.78. The molecule has 0 amide bonds. The predicted molar refractivity (Wildman–Crippen MR) is 56.7 cm³/mol. The third-order valence-corrected chi connectivity index (χ3v) is 2.81. The fraction of sp³-hybridized carbons (Fsp3) is 0.444. The molecule has 0 aliphatic carbocycles. The van der Waals surface area contributed by atoms with Gasteiger partial charge in [-0.05, 0) is 22.9 Å². The van der Waals surface area contributed by atoms with Gasteiger partial charge in [-0.2, -0.15) is 0 Å². The highest BCUT2D eigenvalue weighted by atomic mass is 79.9. The van der Waals surface area contributed by atoms with Crippen LogP contribution < -0.4 is 10.6 Å². The number of hydrogen-bond donors (Lipinski definition) is 1. The first kappa shape index (κ1) is 9.86. The van der Waals surface area contributed by atoms with Gasteiger partial charge in [-0.3, -0.25) is 0 Å². The van der Waals surface area contributed by atoms with Crippen LogP contribution in [0.15, 0.2) is 16.7 Å². The van der Waals surface area contributed by atoms with E-state index in [1.807, 2.05) is 11.8 Å². The van der Waals surface area contributed by atoms with Gasteiger partial charge >= 0.3 is 0 Å². The average molecular weight is 260 g/mol. The molecular formula is C9H11BrFN3. The highest BCUT2D eigenvalue weighted by molar-refractivity contribution is 9.10. The van der Waals surface area contributed by atoms with Crippen LogP contribution in [0.2, 0.25) is 0 Å². The highest BCUT2D eigenvalue weighted by Gasteiger charge is 2.35. The van der Waals surface area contributed by atoms with Gasteiger partial charge in [-0.25, -0.2) is 9.37 Å². The summed E-state index contributed by atoms with van der Waals surface area (Å²) in [5, 5.41) is 0. The summed E-state index contributed by atoms with van der Waals surface area (Å²) in [6.07, 6.45) is 1.47. The van der Waals surface area contributed by atoms with Gasteiger partial charge in [0.05, 0.1) is 4.47 Å². The summed E-state index contributed by atoms with van der Waals surface area (Å²) in [5.74, 6) is 0.356.